The lowest BCUT2D eigenvalue weighted by molar-refractivity contribution is -0.117. The number of fused-ring (bicyclic) bond motifs is 1. The number of H-pyrrole nitrogens is 1. The molecule has 5 nitrogen and oxygen atoms in total. The summed E-state index contributed by atoms with van der Waals surface area (Å²) in [6, 6.07) is 16.1. The standard InChI is InChI=1S/C20H17FN4O/c21-15-8-6-14(7-9-15)20-17(16-4-1-2-5-18(16)23-20)10-11-19(26)24-25-13-3-12-22-25/h1-9,12-13,23H,10-11H2,(H,24,26). The smallest absolute Gasteiger partial charge is 0.240 e. The summed E-state index contributed by atoms with van der Waals surface area (Å²) in [7, 11) is 0. The molecule has 2 aromatic carbocycles. The van der Waals surface area contributed by atoms with Gasteiger partial charge in [-0.25, -0.2) is 9.82 Å². The fraction of sp³-hybridized carbons (Fsp3) is 0.100. The van der Waals surface area contributed by atoms with Crippen molar-refractivity contribution in [3.05, 3.63) is 78.4 Å². The van der Waals surface area contributed by atoms with Crippen LogP contribution in [0, 0.1) is 5.82 Å². The van der Waals surface area contributed by atoms with Crippen LogP contribution in [0.4, 0.5) is 4.39 Å². The van der Waals surface area contributed by atoms with Gasteiger partial charge in [0.1, 0.15) is 5.82 Å². The van der Waals surface area contributed by atoms with E-state index in [0.29, 0.717) is 12.8 Å². The van der Waals surface area contributed by atoms with E-state index < -0.39 is 0 Å². The molecule has 2 N–H and O–H groups in total. The average molecular weight is 348 g/mol. The number of hydrogen-bond acceptors (Lipinski definition) is 2. The normalized spacial score (nSPS) is 11.0. The molecule has 130 valence electrons. The predicted octanol–water partition coefficient (Wildman–Crippen LogP) is 3.87. The van der Waals surface area contributed by atoms with E-state index in [0.717, 1.165) is 27.7 Å². The first-order valence-corrected chi connectivity index (χ1v) is 8.36. The molecule has 4 rings (SSSR count). The van der Waals surface area contributed by atoms with Crippen LogP contribution < -0.4 is 5.43 Å². The summed E-state index contributed by atoms with van der Waals surface area (Å²) in [5, 5.41) is 5.04. The number of nitrogens with zero attached hydrogens (tertiary/aromatic N) is 2. The fourth-order valence-corrected chi connectivity index (χ4v) is 3.08. The minimum absolute atomic E-state index is 0.121. The summed E-state index contributed by atoms with van der Waals surface area (Å²) in [6.45, 7) is 0. The van der Waals surface area contributed by atoms with Gasteiger partial charge in [0.2, 0.25) is 5.91 Å². The van der Waals surface area contributed by atoms with E-state index in [1.54, 1.807) is 30.6 Å². The lowest BCUT2D eigenvalue weighted by Crippen LogP contribution is -2.23. The van der Waals surface area contributed by atoms with Crippen molar-refractivity contribution in [2.75, 3.05) is 5.43 Å². The van der Waals surface area contributed by atoms with Gasteiger partial charge in [0.05, 0.1) is 6.20 Å². The lowest BCUT2D eigenvalue weighted by Gasteiger charge is -2.07. The first kappa shape index (κ1) is 16.1. The van der Waals surface area contributed by atoms with Gasteiger partial charge in [-0.15, -0.1) is 0 Å². The van der Waals surface area contributed by atoms with Crippen molar-refractivity contribution < 1.29 is 9.18 Å². The van der Waals surface area contributed by atoms with Gasteiger partial charge in [-0.2, -0.15) is 9.89 Å². The Balaban J connectivity index is 1.63. The molecule has 2 heterocycles. The molecule has 26 heavy (non-hydrogen) atoms. The number of aryl methyl sites for hydroxylation is 1. The van der Waals surface area contributed by atoms with Crippen LogP contribution in [0.5, 0.6) is 0 Å². The van der Waals surface area contributed by atoms with Crippen LogP contribution in [0.3, 0.4) is 0 Å². The number of halogens is 1. The first-order chi connectivity index (χ1) is 12.7. The first-order valence-electron chi connectivity index (χ1n) is 8.36. The lowest BCUT2D eigenvalue weighted by atomic mass is 10.0. The molecule has 1 amide bonds. The highest BCUT2D eigenvalue weighted by atomic mass is 19.1. The Morgan fingerprint density at radius 2 is 1.92 bits per heavy atom. The number of hydrogen-bond donors (Lipinski definition) is 2. The van der Waals surface area contributed by atoms with E-state index in [4.69, 9.17) is 0 Å². The van der Waals surface area contributed by atoms with Crippen LogP contribution in [-0.2, 0) is 11.2 Å². The minimum atomic E-state index is -0.273. The fourth-order valence-electron chi connectivity index (χ4n) is 3.08. The molecule has 0 atom stereocenters. The Kier molecular flexibility index (Phi) is 4.23. The Hall–Kier alpha value is -3.41. The number of para-hydroxylation sites is 1. The highest BCUT2D eigenvalue weighted by Crippen LogP contribution is 2.31. The van der Waals surface area contributed by atoms with Gasteiger partial charge in [0.15, 0.2) is 0 Å². The van der Waals surface area contributed by atoms with Crippen LogP contribution in [0.25, 0.3) is 22.2 Å². The van der Waals surface area contributed by atoms with Crippen molar-refractivity contribution >= 4 is 16.8 Å². The predicted molar refractivity (Wildman–Crippen MR) is 98.6 cm³/mol. The second-order valence-corrected chi connectivity index (χ2v) is 6.02. The third kappa shape index (κ3) is 3.21. The molecular weight excluding hydrogens is 331 g/mol. The van der Waals surface area contributed by atoms with Crippen LogP contribution in [0.2, 0.25) is 0 Å². The average Bonchev–Trinajstić information content (AvgIpc) is 3.28. The van der Waals surface area contributed by atoms with Gasteiger partial charge in [-0.3, -0.25) is 4.79 Å². The third-order valence-corrected chi connectivity index (χ3v) is 4.29. The number of nitrogens with one attached hydrogen (secondary N) is 2. The summed E-state index contributed by atoms with van der Waals surface area (Å²) in [5.74, 6) is -0.394. The number of carbonyl (C=O) groups excluding carboxylic acids is 1. The highest BCUT2D eigenvalue weighted by molar-refractivity contribution is 5.92. The second-order valence-electron chi connectivity index (χ2n) is 6.02. The van der Waals surface area contributed by atoms with Crippen molar-refractivity contribution in [2.24, 2.45) is 0 Å². The molecule has 0 aliphatic carbocycles. The van der Waals surface area contributed by atoms with Crippen LogP contribution >= 0.6 is 0 Å². The van der Waals surface area contributed by atoms with E-state index in [1.807, 2.05) is 24.3 Å². The Labute approximate surface area is 149 Å². The molecule has 0 radical (unpaired) electrons. The number of carbonyl (C=O) groups is 1. The molecular formula is C20H17FN4O. The molecule has 0 spiro atoms. The van der Waals surface area contributed by atoms with E-state index in [2.05, 4.69) is 15.5 Å². The molecule has 0 saturated heterocycles. The van der Waals surface area contributed by atoms with Crippen LogP contribution in [0.1, 0.15) is 12.0 Å². The van der Waals surface area contributed by atoms with Gasteiger partial charge in [0, 0.05) is 29.2 Å². The summed E-state index contributed by atoms with van der Waals surface area (Å²) >= 11 is 0. The zero-order valence-corrected chi connectivity index (χ0v) is 13.9. The van der Waals surface area contributed by atoms with E-state index in [-0.39, 0.29) is 11.7 Å². The van der Waals surface area contributed by atoms with Gasteiger partial charge in [-0.1, -0.05) is 18.2 Å². The van der Waals surface area contributed by atoms with Gasteiger partial charge in [-0.05, 0) is 53.9 Å². The Morgan fingerprint density at radius 3 is 2.69 bits per heavy atom. The van der Waals surface area contributed by atoms with E-state index in [9.17, 15) is 9.18 Å². The summed E-state index contributed by atoms with van der Waals surface area (Å²) in [4.78, 5) is 17.0. The summed E-state index contributed by atoms with van der Waals surface area (Å²) in [5.41, 5.74) is 6.55. The van der Waals surface area contributed by atoms with E-state index in [1.165, 1.54) is 16.9 Å². The maximum atomic E-state index is 13.3. The largest absolute Gasteiger partial charge is 0.354 e. The number of rotatable bonds is 5. The molecule has 2 aromatic heterocycles. The molecule has 0 fully saturated rings. The molecule has 0 unspecified atom stereocenters. The highest BCUT2D eigenvalue weighted by Gasteiger charge is 2.14. The van der Waals surface area contributed by atoms with Crippen molar-refractivity contribution in [2.45, 2.75) is 12.8 Å². The van der Waals surface area contributed by atoms with Crippen LogP contribution in [0.15, 0.2) is 67.0 Å². The Bertz CT molecular complexity index is 1040. The molecule has 0 bridgehead atoms. The number of aromatic amines is 1. The van der Waals surface area contributed by atoms with E-state index >= 15 is 0 Å². The monoisotopic (exact) mass is 348 g/mol. The van der Waals surface area contributed by atoms with Gasteiger partial charge >= 0.3 is 0 Å². The summed E-state index contributed by atoms with van der Waals surface area (Å²) < 4.78 is 13.3. The number of aromatic nitrogens is 3. The third-order valence-electron chi connectivity index (χ3n) is 4.29. The number of amides is 1. The zero-order valence-electron chi connectivity index (χ0n) is 13.9. The van der Waals surface area contributed by atoms with Crippen molar-refractivity contribution in [1.82, 2.24) is 14.9 Å². The topological polar surface area (TPSA) is 62.7 Å². The molecule has 0 saturated carbocycles. The molecule has 0 aliphatic heterocycles. The number of benzene rings is 2. The second kappa shape index (κ2) is 6.84. The maximum absolute atomic E-state index is 13.3. The quantitative estimate of drug-likeness (QED) is 0.575. The molecule has 6 heteroatoms. The Morgan fingerprint density at radius 1 is 1.12 bits per heavy atom. The van der Waals surface area contributed by atoms with Crippen LogP contribution in [-0.4, -0.2) is 20.8 Å². The van der Waals surface area contributed by atoms with Crippen molar-refractivity contribution in [3.8, 4) is 11.3 Å². The van der Waals surface area contributed by atoms with Crippen molar-refractivity contribution in [3.63, 3.8) is 0 Å². The summed E-state index contributed by atoms with van der Waals surface area (Å²) in [6.07, 6.45) is 4.15. The molecule has 4 aromatic rings. The van der Waals surface area contributed by atoms with Gasteiger partial charge in [0.25, 0.3) is 0 Å². The minimum Gasteiger partial charge on any atom is -0.354 e. The SMILES string of the molecule is O=C(CCc1c(-c2ccc(F)cc2)[nH]c2ccccc12)Nn1cccn1. The maximum Gasteiger partial charge on any atom is 0.240 e. The molecule has 0 aliphatic rings. The van der Waals surface area contributed by atoms with Crippen molar-refractivity contribution in [1.29, 1.82) is 0 Å². The van der Waals surface area contributed by atoms with Gasteiger partial charge < -0.3 is 4.98 Å². The zero-order chi connectivity index (χ0) is 17.9.